The van der Waals surface area contributed by atoms with Crippen LogP contribution in [0.25, 0.3) is 44.2 Å². The molecule has 0 fully saturated rings. The average Bonchev–Trinajstić information content (AvgIpc) is 3.65. The first-order chi connectivity index (χ1) is 28.1. The van der Waals surface area contributed by atoms with E-state index >= 15 is 0 Å². The van der Waals surface area contributed by atoms with Gasteiger partial charge in [-0.3, -0.25) is 0 Å². The fourth-order valence-electron chi connectivity index (χ4n) is 8.72. The van der Waals surface area contributed by atoms with E-state index in [9.17, 15) is 0 Å². The van der Waals surface area contributed by atoms with Crippen molar-refractivity contribution in [3.05, 3.63) is 229 Å². The molecule has 2 heteroatoms. The molecule has 1 aliphatic carbocycles. The van der Waals surface area contributed by atoms with E-state index in [0.29, 0.717) is 0 Å². The zero-order chi connectivity index (χ0) is 38.3. The molecular weight excluding hydrogens is 689 g/mol. The summed E-state index contributed by atoms with van der Waals surface area (Å²) in [6, 6.07) is 75.1. The third-order valence-electron chi connectivity index (χ3n) is 11.5. The van der Waals surface area contributed by atoms with Crippen molar-refractivity contribution in [3.8, 4) is 33.4 Å². The fourth-order valence-corrected chi connectivity index (χ4v) is 8.72. The van der Waals surface area contributed by atoms with Gasteiger partial charge in [-0.2, -0.15) is 0 Å². The minimum atomic E-state index is 0.971. The summed E-state index contributed by atoms with van der Waals surface area (Å²) in [6.07, 6.45) is 0.971. The van der Waals surface area contributed by atoms with Crippen LogP contribution in [0, 0.1) is 13.8 Å². The zero-order valence-corrected chi connectivity index (χ0v) is 32.2. The average molecular weight is 731 g/mol. The van der Waals surface area contributed by atoms with E-state index in [-0.39, 0.29) is 0 Å². The van der Waals surface area contributed by atoms with Crippen LogP contribution in [0.1, 0.15) is 22.3 Å². The summed E-state index contributed by atoms with van der Waals surface area (Å²) in [5.74, 6) is 0. The lowest BCUT2D eigenvalue weighted by Crippen LogP contribution is -2.13. The molecule has 0 saturated heterocycles. The molecule has 9 aromatic rings. The van der Waals surface area contributed by atoms with Crippen molar-refractivity contribution in [3.63, 3.8) is 0 Å². The van der Waals surface area contributed by atoms with Crippen molar-refractivity contribution in [2.24, 2.45) is 0 Å². The smallest absolute Gasteiger partial charge is 0.0488 e. The fraction of sp³-hybridized carbons (Fsp3) is 0.0545. The minimum absolute atomic E-state index is 0.971. The lowest BCUT2D eigenvalue weighted by Gasteiger charge is -2.30. The molecule has 0 bridgehead atoms. The molecule has 0 radical (unpaired) electrons. The first kappa shape index (κ1) is 34.3. The Morgan fingerprint density at radius 3 is 1.40 bits per heavy atom. The molecular formula is C55H42N2. The van der Waals surface area contributed by atoms with Crippen molar-refractivity contribution in [2.75, 3.05) is 9.80 Å². The van der Waals surface area contributed by atoms with Crippen molar-refractivity contribution in [1.29, 1.82) is 0 Å². The van der Waals surface area contributed by atoms with E-state index in [4.69, 9.17) is 0 Å². The Morgan fingerprint density at radius 1 is 0.333 bits per heavy atom. The molecule has 0 spiro atoms. The SMILES string of the molecule is Cc1ccc(-c2cc(N(c3ccccc3)c3ccccc3)cc(N(c3ccccc3)c3ccccc3)c2)cc1-c1cc2c3c(ccc2cc1C)-c1ccccc1C3. The third kappa shape index (κ3) is 6.36. The molecule has 1 aliphatic rings. The Kier molecular flexibility index (Phi) is 8.73. The molecule has 0 saturated carbocycles. The number of fused-ring (bicyclic) bond motifs is 5. The van der Waals surface area contributed by atoms with E-state index in [1.54, 1.807) is 0 Å². The Bertz CT molecular complexity index is 2700. The molecule has 0 atom stereocenters. The second-order valence-corrected chi connectivity index (χ2v) is 15.1. The van der Waals surface area contributed by atoms with Gasteiger partial charge in [-0.25, -0.2) is 0 Å². The summed E-state index contributed by atoms with van der Waals surface area (Å²) in [5.41, 5.74) is 19.6. The zero-order valence-electron chi connectivity index (χ0n) is 32.2. The molecule has 0 aliphatic heterocycles. The van der Waals surface area contributed by atoms with Gasteiger partial charge in [0.05, 0.1) is 0 Å². The van der Waals surface area contributed by atoms with Crippen LogP contribution in [-0.4, -0.2) is 0 Å². The second kappa shape index (κ2) is 14.5. The van der Waals surface area contributed by atoms with Crippen LogP contribution in [0.4, 0.5) is 34.1 Å². The first-order valence-electron chi connectivity index (χ1n) is 19.8. The summed E-state index contributed by atoms with van der Waals surface area (Å²) in [5, 5.41) is 2.65. The summed E-state index contributed by atoms with van der Waals surface area (Å²) in [6.45, 7) is 4.51. The maximum absolute atomic E-state index is 2.46. The molecule has 0 heterocycles. The van der Waals surface area contributed by atoms with Crippen LogP contribution in [0.5, 0.6) is 0 Å². The topological polar surface area (TPSA) is 6.48 Å². The number of anilines is 6. The van der Waals surface area contributed by atoms with Gasteiger partial charge in [0.1, 0.15) is 0 Å². The van der Waals surface area contributed by atoms with E-state index in [2.05, 4.69) is 230 Å². The molecule has 9 aromatic carbocycles. The van der Waals surface area contributed by atoms with Gasteiger partial charge in [-0.05, 0) is 166 Å². The van der Waals surface area contributed by atoms with Gasteiger partial charge in [-0.15, -0.1) is 0 Å². The van der Waals surface area contributed by atoms with E-state index in [1.165, 1.54) is 60.8 Å². The number of benzene rings is 9. The van der Waals surface area contributed by atoms with Crippen molar-refractivity contribution in [2.45, 2.75) is 20.3 Å². The van der Waals surface area contributed by atoms with Crippen LogP contribution >= 0.6 is 0 Å². The minimum Gasteiger partial charge on any atom is -0.310 e. The van der Waals surface area contributed by atoms with Gasteiger partial charge < -0.3 is 9.80 Å². The quantitative estimate of drug-likeness (QED) is 0.154. The molecule has 0 unspecified atom stereocenters. The van der Waals surface area contributed by atoms with Crippen LogP contribution in [-0.2, 0) is 6.42 Å². The van der Waals surface area contributed by atoms with Crippen LogP contribution in [0.15, 0.2) is 206 Å². The van der Waals surface area contributed by atoms with Gasteiger partial charge in [0.15, 0.2) is 0 Å². The van der Waals surface area contributed by atoms with Crippen LogP contribution in [0.3, 0.4) is 0 Å². The van der Waals surface area contributed by atoms with E-state index in [1.807, 2.05) is 0 Å². The van der Waals surface area contributed by atoms with Gasteiger partial charge in [-0.1, -0.05) is 127 Å². The standard InChI is InChI=1S/C55H42N2/c1-38-27-28-40(34-52(38)53-37-54-42(31-39(53)2)29-30-51-50-26-16-15-17-41(50)35-55(51)54)43-32-48(56(44-18-7-3-8-19-44)45-20-9-4-10-21-45)36-49(33-43)57(46-22-11-5-12-23-46)47-24-13-6-14-25-47/h3-34,36-37H,35H2,1-2H3. The van der Waals surface area contributed by atoms with Crippen LogP contribution in [0.2, 0.25) is 0 Å². The number of nitrogens with zero attached hydrogens (tertiary/aromatic N) is 2. The summed E-state index contributed by atoms with van der Waals surface area (Å²) < 4.78 is 0. The summed E-state index contributed by atoms with van der Waals surface area (Å²) in [4.78, 5) is 4.73. The van der Waals surface area contributed by atoms with Gasteiger partial charge in [0.25, 0.3) is 0 Å². The molecule has 272 valence electrons. The number of aryl methyl sites for hydroxylation is 2. The summed E-state index contributed by atoms with van der Waals surface area (Å²) in [7, 11) is 0. The number of para-hydroxylation sites is 4. The maximum atomic E-state index is 2.46. The van der Waals surface area contributed by atoms with Crippen molar-refractivity contribution in [1.82, 2.24) is 0 Å². The second-order valence-electron chi connectivity index (χ2n) is 15.1. The van der Waals surface area contributed by atoms with E-state index < -0.39 is 0 Å². The number of hydrogen-bond acceptors (Lipinski definition) is 2. The number of rotatable bonds is 8. The Labute approximate surface area is 335 Å². The first-order valence-corrected chi connectivity index (χ1v) is 19.8. The van der Waals surface area contributed by atoms with Crippen molar-refractivity contribution < 1.29 is 0 Å². The highest BCUT2D eigenvalue weighted by atomic mass is 15.2. The normalized spacial score (nSPS) is 11.6. The maximum Gasteiger partial charge on any atom is 0.0488 e. The van der Waals surface area contributed by atoms with Gasteiger partial charge in [0, 0.05) is 34.1 Å². The van der Waals surface area contributed by atoms with Gasteiger partial charge >= 0.3 is 0 Å². The molecule has 0 N–H and O–H groups in total. The van der Waals surface area contributed by atoms with Crippen molar-refractivity contribution >= 4 is 44.9 Å². The molecule has 2 nitrogen and oxygen atoms in total. The predicted octanol–water partition coefficient (Wildman–Crippen LogP) is 15.3. The summed E-state index contributed by atoms with van der Waals surface area (Å²) >= 11 is 0. The highest BCUT2D eigenvalue weighted by Crippen LogP contribution is 2.45. The Hall–Kier alpha value is -7.16. The van der Waals surface area contributed by atoms with E-state index in [0.717, 1.165) is 46.1 Å². The largest absolute Gasteiger partial charge is 0.310 e. The third-order valence-corrected chi connectivity index (χ3v) is 11.5. The molecule has 0 amide bonds. The Morgan fingerprint density at radius 2 is 0.842 bits per heavy atom. The molecule has 10 rings (SSSR count). The lowest BCUT2D eigenvalue weighted by atomic mass is 9.89. The van der Waals surface area contributed by atoms with Gasteiger partial charge in [0.2, 0.25) is 0 Å². The highest BCUT2D eigenvalue weighted by molar-refractivity contribution is 5.99. The Balaban J connectivity index is 1.18. The lowest BCUT2D eigenvalue weighted by molar-refractivity contribution is 1.25. The molecule has 57 heavy (non-hydrogen) atoms. The predicted molar refractivity (Wildman–Crippen MR) is 242 cm³/mol. The highest BCUT2D eigenvalue weighted by Gasteiger charge is 2.22. The molecule has 0 aromatic heterocycles. The van der Waals surface area contributed by atoms with Crippen LogP contribution < -0.4 is 9.80 Å². The number of hydrogen-bond donors (Lipinski definition) is 0. The monoisotopic (exact) mass is 730 g/mol.